The Balaban J connectivity index is 2.24. The number of amides is 1. The lowest BCUT2D eigenvalue weighted by atomic mass is 10.1. The number of hydrogen-bond donors (Lipinski definition) is 1. The Bertz CT molecular complexity index is 419. The molecule has 1 saturated heterocycles. The van der Waals surface area contributed by atoms with E-state index in [1.807, 2.05) is 25.1 Å². The average Bonchev–Trinajstić information content (AvgIpc) is 2.68. The van der Waals surface area contributed by atoms with Crippen molar-refractivity contribution in [2.45, 2.75) is 19.4 Å². The van der Waals surface area contributed by atoms with E-state index in [2.05, 4.69) is 15.9 Å². The molecule has 1 atom stereocenters. The van der Waals surface area contributed by atoms with Crippen molar-refractivity contribution >= 4 is 21.8 Å². The van der Waals surface area contributed by atoms with Crippen LogP contribution < -0.4 is 0 Å². The highest BCUT2D eigenvalue weighted by Crippen LogP contribution is 2.23. The summed E-state index contributed by atoms with van der Waals surface area (Å²) in [5, 5.41) is 9.41. The number of aliphatic hydroxyl groups is 1. The third kappa shape index (κ3) is 2.13. The molecule has 1 aliphatic heterocycles. The molecule has 0 spiro atoms. The maximum absolute atomic E-state index is 12.2. The first kappa shape index (κ1) is 11.6. The Labute approximate surface area is 103 Å². The number of β-amino-alcohol motifs (C(OH)–C–C–N with tert-alkyl or cyclic N) is 1. The number of rotatable bonds is 1. The van der Waals surface area contributed by atoms with Crippen LogP contribution in [0.2, 0.25) is 0 Å². The van der Waals surface area contributed by atoms with Crippen LogP contribution in [-0.2, 0) is 0 Å². The van der Waals surface area contributed by atoms with Crippen LogP contribution in [0, 0.1) is 6.92 Å². The molecule has 3 nitrogen and oxygen atoms in total. The Morgan fingerprint density at radius 1 is 1.56 bits per heavy atom. The molecule has 1 aliphatic rings. The van der Waals surface area contributed by atoms with E-state index in [9.17, 15) is 9.90 Å². The fourth-order valence-electron chi connectivity index (χ4n) is 1.91. The molecular formula is C12H14BrNO2. The van der Waals surface area contributed by atoms with E-state index in [1.165, 1.54) is 0 Å². The van der Waals surface area contributed by atoms with Crippen LogP contribution in [0.4, 0.5) is 0 Å². The Hall–Kier alpha value is -0.870. The van der Waals surface area contributed by atoms with Crippen molar-refractivity contribution in [2.24, 2.45) is 0 Å². The molecule has 86 valence electrons. The van der Waals surface area contributed by atoms with E-state index >= 15 is 0 Å². The number of hydrogen-bond acceptors (Lipinski definition) is 2. The number of aliphatic hydroxyl groups excluding tert-OH is 1. The fourth-order valence-corrected chi connectivity index (χ4v) is 2.34. The molecule has 0 bridgehead atoms. The summed E-state index contributed by atoms with van der Waals surface area (Å²) >= 11 is 3.43. The summed E-state index contributed by atoms with van der Waals surface area (Å²) in [6, 6.07) is 5.64. The van der Waals surface area contributed by atoms with Crippen molar-refractivity contribution in [3.05, 3.63) is 33.8 Å². The molecule has 1 aromatic rings. The highest BCUT2D eigenvalue weighted by molar-refractivity contribution is 9.10. The number of nitrogens with zero attached hydrogens (tertiary/aromatic N) is 1. The van der Waals surface area contributed by atoms with Gasteiger partial charge in [-0.2, -0.15) is 0 Å². The summed E-state index contributed by atoms with van der Waals surface area (Å²) in [6.45, 7) is 3.04. The summed E-state index contributed by atoms with van der Waals surface area (Å²) in [6.07, 6.45) is 0.308. The highest BCUT2D eigenvalue weighted by atomic mass is 79.9. The number of carbonyl (C=O) groups excluding carboxylic acids is 1. The Morgan fingerprint density at radius 2 is 2.31 bits per heavy atom. The van der Waals surface area contributed by atoms with E-state index in [-0.39, 0.29) is 12.0 Å². The molecule has 0 radical (unpaired) electrons. The molecule has 1 heterocycles. The van der Waals surface area contributed by atoms with Gasteiger partial charge in [0.25, 0.3) is 5.91 Å². The van der Waals surface area contributed by atoms with Gasteiger partial charge in [-0.1, -0.05) is 12.1 Å². The third-order valence-electron chi connectivity index (χ3n) is 2.87. The summed E-state index contributed by atoms with van der Waals surface area (Å²) < 4.78 is 0.849. The van der Waals surface area contributed by atoms with E-state index in [1.54, 1.807) is 4.90 Å². The predicted molar refractivity (Wildman–Crippen MR) is 65.4 cm³/mol. The van der Waals surface area contributed by atoms with Crippen LogP contribution in [0.3, 0.4) is 0 Å². The van der Waals surface area contributed by atoms with Gasteiger partial charge in [-0.05, 0) is 40.9 Å². The van der Waals surface area contributed by atoms with Gasteiger partial charge in [0.1, 0.15) is 0 Å². The maximum atomic E-state index is 12.2. The van der Waals surface area contributed by atoms with Crippen LogP contribution in [0.15, 0.2) is 22.7 Å². The minimum atomic E-state index is -0.368. The second-order valence-electron chi connectivity index (χ2n) is 4.13. The van der Waals surface area contributed by atoms with Gasteiger partial charge in [0.05, 0.1) is 11.7 Å². The van der Waals surface area contributed by atoms with Crippen LogP contribution in [0.5, 0.6) is 0 Å². The Morgan fingerprint density at radius 3 is 2.94 bits per heavy atom. The van der Waals surface area contributed by atoms with Crippen LogP contribution in [-0.4, -0.2) is 35.1 Å². The molecule has 1 aromatic carbocycles. The molecule has 16 heavy (non-hydrogen) atoms. The Kier molecular flexibility index (Phi) is 3.30. The SMILES string of the molecule is Cc1cccc(C(=O)N2CCC(O)C2)c1Br. The monoisotopic (exact) mass is 283 g/mol. The average molecular weight is 284 g/mol. The quantitative estimate of drug-likeness (QED) is 0.856. The van der Waals surface area contributed by atoms with Crippen molar-refractivity contribution in [3.8, 4) is 0 Å². The fraction of sp³-hybridized carbons (Fsp3) is 0.417. The lowest BCUT2D eigenvalue weighted by molar-refractivity contribution is 0.0764. The van der Waals surface area contributed by atoms with Gasteiger partial charge in [0, 0.05) is 17.6 Å². The number of halogens is 1. The predicted octanol–water partition coefficient (Wildman–Crippen LogP) is 1.96. The zero-order valence-corrected chi connectivity index (χ0v) is 10.7. The molecule has 1 unspecified atom stereocenters. The molecule has 0 aromatic heterocycles. The first-order chi connectivity index (χ1) is 7.59. The van der Waals surface area contributed by atoms with E-state index in [0.29, 0.717) is 25.1 Å². The molecule has 1 fully saturated rings. The second-order valence-corrected chi connectivity index (χ2v) is 4.92. The smallest absolute Gasteiger partial charge is 0.255 e. The van der Waals surface area contributed by atoms with Gasteiger partial charge in [-0.15, -0.1) is 0 Å². The normalized spacial score (nSPS) is 20.2. The van der Waals surface area contributed by atoms with Gasteiger partial charge in [0.2, 0.25) is 0 Å². The van der Waals surface area contributed by atoms with Crippen molar-refractivity contribution < 1.29 is 9.90 Å². The largest absolute Gasteiger partial charge is 0.391 e. The summed E-state index contributed by atoms with van der Waals surface area (Å²) in [5.41, 5.74) is 1.72. The molecule has 0 saturated carbocycles. The van der Waals surface area contributed by atoms with E-state index in [0.717, 1.165) is 10.0 Å². The summed E-state index contributed by atoms with van der Waals surface area (Å²) in [5.74, 6) is -0.00729. The van der Waals surface area contributed by atoms with Crippen LogP contribution >= 0.6 is 15.9 Å². The minimum Gasteiger partial charge on any atom is -0.391 e. The zero-order chi connectivity index (χ0) is 11.7. The van der Waals surface area contributed by atoms with E-state index in [4.69, 9.17) is 0 Å². The molecule has 0 aliphatic carbocycles. The van der Waals surface area contributed by atoms with Crippen molar-refractivity contribution in [3.63, 3.8) is 0 Å². The number of likely N-dealkylation sites (tertiary alicyclic amines) is 1. The summed E-state index contributed by atoms with van der Waals surface area (Å²) in [4.78, 5) is 13.8. The molecular weight excluding hydrogens is 270 g/mol. The molecule has 1 N–H and O–H groups in total. The lowest BCUT2D eigenvalue weighted by Gasteiger charge is -2.17. The molecule has 1 amide bonds. The van der Waals surface area contributed by atoms with Crippen LogP contribution in [0.1, 0.15) is 22.3 Å². The van der Waals surface area contributed by atoms with Gasteiger partial charge in [-0.3, -0.25) is 4.79 Å². The number of benzene rings is 1. The minimum absolute atomic E-state index is 0.00729. The first-order valence-electron chi connectivity index (χ1n) is 5.32. The zero-order valence-electron chi connectivity index (χ0n) is 9.11. The number of aryl methyl sites for hydroxylation is 1. The van der Waals surface area contributed by atoms with Crippen LogP contribution in [0.25, 0.3) is 0 Å². The maximum Gasteiger partial charge on any atom is 0.255 e. The third-order valence-corrected chi connectivity index (χ3v) is 3.93. The van der Waals surface area contributed by atoms with Gasteiger partial charge >= 0.3 is 0 Å². The van der Waals surface area contributed by atoms with Crippen molar-refractivity contribution in [2.75, 3.05) is 13.1 Å². The second kappa shape index (κ2) is 4.55. The first-order valence-corrected chi connectivity index (χ1v) is 6.11. The standard InChI is InChI=1S/C12H14BrNO2/c1-8-3-2-4-10(11(8)13)12(16)14-6-5-9(15)7-14/h2-4,9,15H,5-7H2,1H3. The van der Waals surface area contributed by atoms with Gasteiger partial charge in [0.15, 0.2) is 0 Å². The van der Waals surface area contributed by atoms with Crippen molar-refractivity contribution in [1.82, 2.24) is 4.90 Å². The van der Waals surface area contributed by atoms with Gasteiger partial charge in [-0.25, -0.2) is 0 Å². The highest BCUT2D eigenvalue weighted by Gasteiger charge is 2.26. The van der Waals surface area contributed by atoms with E-state index < -0.39 is 0 Å². The van der Waals surface area contributed by atoms with Crippen molar-refractivity contribution in [1.29, 1.82) is 0 Å². The summed E-state index contributed by atoms with van der Waals surface area (Å²) in [7, 11) is 0. The number of carbonyl (C=O) groups is 1. The van der Waals surface area contributed by atoms with Gasteiger partial charge < -0.3 is 10.0 Å². The topological polar surface area (TPSA) is 40.5 Å². The lowest BCUT2D eigenvalue weighted by Crippen LogP contribution is -2.29. The molecule has 2 rings (SSSR count). The molecule has 4 heteroatoms.